The Kier molecular flexibility index (Phi) is 3.01. The molecule has 0 aliphatic heterocycles. The first kappa shape index (κ1) is 14.0. The molecule has 2 aliphatic rings. The summed E-state index contributed by atoms with van der Waals surface area (Å²) >= 11 is 0. The molecule has 2 bridgehead atoms. The molecule has 0 saturated heterocycles. The van der Waals surface area contributed by atoms with Crippen molar-refractivity contribution >= 4 is 11.5 Å². The topological polar surface area (TPSA) is 62.0 Å². The number of aliphatic hydroxyl groups is 1. The molecule has 3 rings (SSSR count). The fourth-order valence-electron chi connectivity index (χ4n) is 3.63. The molecule has 0 amide bonds. The van der Waals surface area contributed by atoms with Crippen molar-refractivity contribution in [3.05, 3.63) is 41.8 Å². The van der Waals surface area contributed by atoms with E-state index in [1.165, 1.54) is 0 Å². The van der Waals surface area contributed by atoms with E-state index < -0.39 is 5.41 Å². The lowest BCUT2D eigenvalue weighted by Gasteiger charge is -2.44. The molecule has 0 spiro atoms. The molecule has 0 aromatic heterocycles. The number of nitrogens with zero attached hydrogens (tertiary/aromatic N) is 2. The number of carbonyl (C=O) groups is 1. The summed E-state index contributed by atoms with van der Waals surface area (Å²) in [5.74, 6) is -0.0544. The molecule has 4 nitrogen and oxygen atoms in total. The van der Waals surface area contributed by atoms with Crippen molar-refractivity contribution in [3.8, 4) is 0 Å². The number of carbonyl (C=O) groups excluding carboxylic acids is 1. The molecule has 1 N–H and O–H groups in total. The number of Topliss-reactive ketones (excluding diaryl/α,β-unsaturated/α-hetero) is 1. The molecule has 1 aromatic carbocycles. The standard InChI is InChI=1S/C17H20N2O2/c1-16(2)12-9-10-17(16,3)15(21)13(14(12)20)19-18-11-7-5-4-6-8-11/h4-8,12,21H,9-10H2,1-3H3/t12-,17+/m0/s1. The van der Waals surface area contributed by atoms with Gasteiger partial charge in [-0.05, 0) is 30.4 Å². The molecule has 1 aromatic rings. The van der Waals surface area contributed by atoms with Crippen LogP contribution in [0.15, 0.2) is 52.0 Å². The van der Waals surface area contributed by atoms with Crippen LogP contribution in [0.3, 0.4) is 0 Å². The largest absolute Gasteiger partial charge is 0.509 e. The van der Waals surface area contributed by atoms with Gasteiger partial charge in [-0.3, -0.25) is 4.79 Å². The van der Waals surface area contributed by atoms with E-state index in [1.807, 2.05) is 37.3 Å². The van der Waals surface area contributed by atoms with E-state index in [-0.39, 0.29) is 28.6 Å². The predicted octanol–water partition coefficient (Wildman–Crippen LogP) is 4.57. The van der Waals surface area contributed by atoms with Gasteiger partial charge in [0.15, 0.2) is 11.5 Å². The van der Waals surface area contributed by atoms with E-state index in [0.29, 0.717) is 5.69 Å². The summed E-state index contributed by atoms with van der Waals surface area (Å²) in [6.07, 6.45) is 1.61. The normalized spacial score (nSPS) is 31.2. The summed E-state index contributed by atoms with van der Waals surface area (Å²) < 4.78 is 0. The van der Waals surface area contributed by atoms with E-state index >= 15 is 0 Å². The van der Waals surface area contributed by atoms with Crippen LogP contribution in [0.4, 0.5) is 5.69 Å². The van der Waals surface area contributed by atoms with E-state index in [1.54, 1.807) is 0 Å². The van der Waals surface area contributed by atoms with Crippen LogP contribution < -0.4 is 0 Å². The maximum Gasteiger partial charge on any atom is 0.190 e. The van der Waals surface area contributed by atoms with Crippen molar-refractivity contribution in [3.63, 3.8) is 0 Å². The molecule has 0 unspecified atom stereocenters. The molecule has 1 fully saturated rings. The molecule has 0 radical (unpaired) electrons. The van der Waals surface area contributed by atoms with E-state index in [9.17, 15) is 9.90 Å². The third kappa shape index (κ3) is 1.85. The Morgan fingerprint density at radius 2 is 1.81 bits per heavy atom. The van der Waals surface area contributed by atoms with Gasteiger partial charge in [0.2, 0.25) is 0 Å². The number of fused-ring (bicyclic) bond motifs is 2. The lowest BCUT2D eigenvalue weighted by molar-refractivity contribution is -0.125. The second-order valence-electron chi connectivity index (χ2n) is 6.74. The monoisotopic (exact) mass is 284 g/mol. The smallest absolute Gasteiger partial charge is 0.190 e. The lowest BCUT2D eigenvalue weighted by atomic mass is 9.60. The first-order valence-electron chi connectivity index (χ1n) is 7.32. The van der Waals surface area contributed by atoms with Crippen molar-refractivity contribution < 1.29 is 9.90 Å². The van der Waals surface area contributed by atoms with Crippen LogP contribution in [0.5, 0.6) is 0 Å². The van der Waals surface area contributed by atoms with Gasteiger partial charge in [-0.25, -0.2) is 0 Å². The van der Waals surface area contributed by atoms with Gasteiger partial charge in [-0.1, -0.05) is 39.0 Å². The van der Waals surface area contributed by atoms with Crippen LogP contribution in [0.1, 0.15) is 33.6 Å². The zero-order valence-electron chi connectivity index (χ0n) is 12.6. The molecular formula is C17H20N2O2. The van der Waals surface area contributed by atoms with Crippen LogP contribution in [0, 0.1) is 16.7 Å². The Morgan fingerprint density at radius 3 is 2.48 bits per heavy atom. The third-order valence-corrected chi connectivity index (χ3v) is 5.54. The van der Waals surface area contributed by atoms with Crippen molar-refractivity contribution in [1.29, 1.82) is 0 Å². The summed E-state index contributed by atoms with van der Waals surface area (Å²) in [5, 5.41) is 18.8. The predicted molar refractivity (Wildman–Crippen MR) is 80.2 cm³/mol. The zero-order valence-corrected chi connectivity index (χ0v) is 12.6. The summed E-state index contributed by atoms with van der Waals surface area (Å²) in [7, 11) is 0. The average Bonchev–Trinajstić information content (AvgIpc) is 2.65. The minimum absolute atomic E-state index is 0.0767. The van der Waals surface area contributed by atoms with Gasteiger partial charge in [0.1, 0.15) is 5.76 Å². The molecular weight excluding hydrogens is 264 g/mol. The summed E-state index contributed by atoms with van der Waals surface area (Å²) in [5.41, 5.74) is 0.187. The van der Waals surface area contributed by atoms with Gasteiger partial charge in [0, 0.05) is 11.3 Å². The van der Waals surface area contributed by atoms with Crippen molar-refractivity contribution in [2.24, 2.45) is 27.0 Å². The summed E-state index contributed by atoms with van der Waals surface area (Å²) in [4.78, 5) is 12.6. The minimum Gasteiger partial charge on any atom is -0.509 e. The summed E-state index contributed by atoms with van der Waals surface area (Å²) in [6.45, 7) is 6.14. The van der Waals surface area contributed by atoms with Crippen LogP contribution >= 0.6 is 0 Å². The first-order chi connectivity index (χ1) is 9.88. The second-order valence-corrected chi connectivity index (χ2v) is 6.74. The number of rotatable bonds is 2. The number of benzene rings is 1. The number of aliphatic hydroxyl groups excluding tert-OH is 1. The van der Waals surface area contributed by atoms with E-state index in [2.05, 4.69) is 24.1 Å². The molecule has 110 valence electrons. The van der Waals surface area contributed by atoms with Crippen LogP contribution in [0.25, 0.3) is 0 Å². The Balaban J connectivity index is 2.03. The fourth-order valence-corrected chi connectivity index (χ4v) is 3.63. The van der Waals surface area contributed by atoms with Crippen molar-refractivity contribution in [1.82, 2.24) is 0 Å². The van der Waals surface area contributed by atoms with Gasteiger partial charge < -0.3 is 5.11 Å². The Morgan fingerprint density at radius 1 is 1.14 bits per heavy atom. The maximum atomic E-state index is 12.6. The molecule has 0 heterocycles. The number of hydrogen-bond acceptors (Lipinski definition) is 4. The maximum absolute atomic E-state index is 12.6. The highest BCUT2D eigenvalue weighted by Crippen LogP contribution is 2.63. The number of ketones is 1. The minimum atomic E-state index is -0.392. The van der Waals surface area contributed by atoms with Crippen LogP contribution in [-0.2, 0) is 4.79 Å². The number of allylic oxidation sites excluding steroid dienone is 2. The van der Waals surface area contributed by atoms with Gasteiger partial charge in [0.05, 0.1) is 5.69 Å². The Bertz CT molecular complexity index is 646. The first-order valence-corrected chi connectivity index (χ1v) is 7.32. The van der Waals surface area contributed by atoms with Gasteiger partial charge >= 0.3 is 0 Å². The van der Waals surface area contributed by atoms with Crippen molar-refractivity contribution in [2.45, 2.75) is 33.6 Å². The summed E-state index contributed by atoms with van der Waals surface area (Å²) in [6, 6.07) is 9.24. The third-order valence-electron chi connectivity index (χ3n) is 5.54. The van der Waals surface area contributed by atoms with Gasteiger partial charge in [-0.2, -0.15) is 5.11 Å². The number of azo groups is 1. The highest BCUT2D eigenvalue weighted by Gasteiger charge is 2.61. The van der Waals surface area contributed by atoms with E-state index in [4.69, 9.17) is 0 Å². The van der Waals surface area contributed by atoms with Gasteiger partial charge in [-0.15, -0.1) is 5.11 Å². The van der Waals surface area contributed by atoms with E-state index in [0.717, 1.165) is 12.8 Å². The Labute approximate surface area is 124 Å². The molecule has 2 aliphatic carbocycles. The lowest BCUT2D eigenvalue weighted by Crippen LogP contribution is -2.43. The van der Waals surface area contributed by atoms with Crippen molar-refractivity contribution in [2.75, 3.05) is 0 Å². The second kappa shape index (κ2) is 4.52. The van der Waals surface area contributed by atoms with Crippen LogP contribution in [0.2, 0.25) is 0 Å². The zero-order chi connectivity index (χ0) is 15.3. The highest BCUT2D eigenvalue weighted by molar-refractivity contribution is 5.99. The van der Waals surface area contributed by atoms with Crippen LogP contribution in [-0.4, -0.2) is 10.9 Å². The van der Waals surface area contributed by atoms with Gasteiger partial charge in [0.25, 0.3) is 0 Å². The quantitative estimate of drug-likeness (QED) is 0.809. The Hall–Kier alpha value is -1.97. The molecule has 2 atom stereocenters. The molecule has 21 heavy (non-hydrogen) atoms. The molecule has 1 saturated carbocycles. The average molecular weight is 284 g/mol. The highest BCUT2D eigenvalue weighted by atomic mass is 16.3. The number of hydrogen-bond donors (Lipinski definition) is 1. The fraction of sp³-hybridized carbons (Fsp3) is 0.471. The molecule has 4 heteroatoms. The SMILES string of the molecule is CC1(C)[C@H]2CC[C@]1(C)C(O)=C(N=Nc1ccccc1)C2=O.